The molecule has 1 aliphatic carbocycles. The van der Waals surface area contributed by atoms with Crippen molar-refractivity contribution in [1.29, 1.82) is 0 Å². The fourth-order valence-corrected chi connectivity index (χ4v) is 4.69. The quantitative estimate of drug-likeness (QED) is 0.643. The standard InChI is InChI=1S/C24H36N6/c1-2-30-14-4-5-18(17-30)16-27-23-7-3-6-22(29-23)19-12-13-26-24(15-19)28-21-10-8-20(25)9-11-21/h3,6-7,12-13,15,18,20-21H,2,4-5,8-11,14,16-17,25H2,1H3,(H,26,28)(H,27,29). The lowest BCUT2D eigenvalue weighted by atomic mass is 9.92. The molecule has 2 aromatic rings. The van der Waals surface area contributed by atoms with Gasteiger partial charge in [0.2, 0.25) is 0 Å². The molecular formula is C24H36N6. The minimum absolute atomic E-state index is 0.362. The Morgan fingerprint density at radius 1 is 1.10 bits per heavy atom. The number of anilines is 2. The van der Waals surface area contributed by atoms with Gasteiger partial charge >= 0.3 is 0 Å². The van der Waals surface area contributed by atoms with Gasteiger partial charge in [-0.1, -0.05) is 13.0 Å². The molecule has 0 spiro atoms. The number of pyridine rings is 2. The van der Waals surface area contributed by atoms with Crippen LogP contribution in [0.25, 0.3) is 11.3 Å². The maximum atomic E-state index is 6.03. The Morgan fingerprint density at radius 3 is 2.80 bits per heavy atom. The molecule has 2 aromatic heterocycles. The smallest absolute Gasteiger partial charge is 0.126 e. The van der Waals surface area contributed by atoms with Crippen molar-refractivity contribution in [1.82, 2.24) is 14.9 Å². The molecule has 162 valence electrons. The van der Waals surface area contributed by atoms with Crippen LogP contribution >= 0.6 is 0 Å². The van der Waals surface area contributed by atoms with E-state index in [4.69, 9.17) is 10.7 Å². The monoisotopic (exact) mass is 408 g/mol. The summed E-state index contributed by atoms with van der Waals surface area (Å²) in [6.07, 6.45) is 8.87. The van der Waals surface area contributed by atoms with Gasteiger partial charge in [-0.25, -0.2) is 9.97 Å². The summed E-state index contributed by atoms with van der Waals surface area (Å²) in [4.78, 5) is 11.9. The normalized spacial score (nSPS) is 25.1. The molecular weight excluding hydrogens is 372 g/mol. The number of aromatic nitrogens is 2. The Morgan fingerprint density at radius 2 is 1.97 bits per heavy atom. The number of rotatable bonds is 7. The van der Waals surface area contributed by atoms with E-state index in [9.17, 15) is 0 Å². The highest BCUT2D eigenvalue weighted by Gasteiger charge is 2.19. The molecule has 1 atom stereocenters. The summed E-state index contributed by atoms with van der Waals surface area (Å²) in [5.74, 6) is 2.58. The lowest BCUT2D eigenvalue weighted by Crippen LogP contribution is -2.37. The molecule has 4 rings (SSSR count). The topological polar surface area (TPSA) is 79.1 Å². The number of hydrogen-bond donors (Lipinski definition) is 3. The molecule has 2 aliphatic rings. The van der Waals surface area contributed by atoms with Gasteiger partial charge in [-0.05, 0) is 81.8 Å². The molecule has 0 aromatic carbocycles. The highest BCUT2D eigenvalue weighted by molar-refractivity contribution is 5.64. The second kappa shape index (κ2) is 10.2. The zero-order valence-electron chi connectivity index (χ0n) is 18.2. The Hall–Kier alpha value is -2.18. The van der Waals surface area contributed by atoms with Gasteiger partial charge in [0.15, 0.2) is 0 Å². The summed E-state index contributed by atoms with van der Waals surface area (Å²) in [6, 6.07) is 11.2. The molecule has 1 unspecified atom stereocenters. The van der Waals surface area contributed by atoms with Crippen LogP contribution in [0.5, 0.6) is 0 Å². The first-order valence-corrected chi connectivity index (χ1v) is 11.6. The maximum Gasteiger partial charge on any atom is 0.126 e. The van der Waals surface area contributed by atoms with Gasteiger partial charge in [-0.15, -0.1) is 0 Å². The summed E-state index contributed by atoms with van der Waals surface area (Å²) in [6.45, 7) is 6.82. The first kappa shape index (κ1) is 21.1. The maximum absolute atomic E-state index is 6.03. The molecule has 0 bridgehead atoms. The molecule has 30 heavy (non-hydrogen) atoms. The van der Waals surface area contributed by atoms with Crippen LogP contribution in [0.4, 0.5) is 11.6 Å². The van der Waals surface area contributed by atoms with E-state index < -0.39 is 0 Å². The number of nitrogens with zero attached hydrogens (tertiary/aromatic N) is 3. The third-order valence-electron chi connectivity index (χ3n) is 6.55. The van der Waals surface area contributed by atoms with E-state index in [2.05, 4.69) is 51.7 Å². The molecule has 4 N–H and O–H groups in total. The summed E-state index contributed by atoms with van der Waals surface area (Å²) in [5.41, 5.74) is 8.11. The van der Waals surface area contributed by atoms with Crippen LogP contribution in [0, 0.1) is 5.92 Å². The van der Waals surface area contributed by atoms with Gasteiger partial charge in [-0.2, -0.15) is 0 Å². The Balaban J connectivity index is 1.37. The van der Waals surface area contributed by atoms with Crippen LogP contribution in [0.15, 0.2) is 36.5 Å². The average Bonchev–Trinajstić information content (AvgIpc) is 2.80. The van der Waals surface area contributed by atoms with E-state index in [-0.39, 0.29) is 0 Å². The zero-order chi connectivity index (χ0) is 20.8. The predicted octanol–water partition coefficient (Wildman–Crippen LogP) is 3.97. The Labute approximate surface area is 180 Å². The highest BCUT2D eigenvalue weighted by atomic mass is 15.1. The van der Waals surface area contributed by atoms with Crippen LogP contribution in [0.2, 0.25) is 0 Å². The third kappa shape index (κ3) is 5.70. The highest BCUT2D eigenvalue weighted by Crippen LogP contribution is 2.24. The first-order valence-electron chi connectivity index (χ1n) is 11.6. The first-order chi connectivity index (χ1) is 14.7. The van der Waals surface area contributed by atoms with E-state index in [0.29, 0.717) is 18.0 Å². The van der Waals surface area contributed by atoms with E-state index in [1.807, 2.05) is 12.3 Å². The number of likely N-dealkylation sites (tertiary alicyclic amines) is 1. The van der Waals surface area contributed by atoms with Gasteiger partial charge in [0.25, 0.3) is 0 Å². The molecule has 2 fully saturated rings. The van der Waals surface area contributed by atoms with E-state index >= 15 is 0 Å². The van der Waals surface area contributed by atoms with Crippen molar-refractivity contribution in [3.63, 3.8) is 0 Å². The summed E-state index contributed by atoms with van der Waals surface area (Å²) < 4.78 is 0. The Kier molecular flexibility index (Phi) is 7.18. The molecule has 1 saturated heterocycles. The van der Waals surface area contributed by atoms with Crippen molar-refractivity contribution >= 4 is 11.6 Å². The largest absolute Gasteiger partial charge is 0.370 e. The lowest BCUT2D eigenvalue weighted by Gasteiger charge is -2.32. The average molecular weight is 409 g/mol. The second-order valence-electron chi connectivity index (χ2n) is 8.88. The van der Waals surface area contributed by atoms with E-state index in [0.717, 1.165) is 61.7 Å². The molecule has 0 amide bonds. The van der Waals surface area contributed by atoms with Gasteiger partial charge < -0.3 is 21.3 Å². The molecule has 6 nitrogen and oxygen atoms in total. The zero-order valence-corrected chi connectivity index (χ0v) is 18.2. The summed E-state index contributed by atoms with van der Waals surface area (Å²) in [5, 5.41) is 7.16. The van der Waals surface area contributed by atoms with Crippen molar-refractivity contribution in [2.75, 3.05) is 36.8 Å². The molecule has 6 heteroatoms. The molecule has 3 heterocycles. The van der Waals surface area contributed by atoms with E-state index in [1.54, 1.807) is 0 Å². The predicted molar refractivity (Wildman–Crippen MR) is 125 cm³/mol. The number of nitrogens with one attached hydrogen (secondary N) is 2. The van der Waals surface area contributed by atoms with Gasteiger partial charge in [0.05, 0.1) is 5.69 Å². The van der Waals surface area contributed by atoms with Crippen LogP contribution in [-0.2, 0) is 0 Å². The number of nitrogens with two attached hydrogens (primary N) is 1. The minimum atomic E-state index is 0.362. The van der Waals surface area contributed by atoms with Crippen molar-refractivity contribution in [2.24, 2.45) is 11.7 Å². The number of hydrogen-bond acceptors (Lipinski definition) is 6. The SMILES string of the molecule is CCN1CCCC(CNc2cccc(-c3ccnc(NC4CCC(N)CC4)c3)n2)C1. The van der Waals surface area contributed by atoms with Crippen molar-refractivity contribution in [2.45, 2.75) is 57.5 Å². The van der Waals surface area contributed by atoms with Crippen LogP contribution in [0.1, 0.15) is 45.4 Å². The number of piperidine rings is 1. The van der Waals surface area contributed by atoms with Crippen molar-refractivity contribution in [3.05, 3.63) is 36.5 Å². The van der Waals surface area contributed by atoms with Crippen LogP contribution in [0.3, 0.4) is 0 Å². The second-order valence-corrected chi connectivity index (χ2v) is 8.88. The molecule has 1 aliphatic heterocycles. The third-order valence-corrected chi connectivity index (χ3v) is 6.55. The minimum Gasteiger partial charge on any atom is -0.370 e. The van der Waals surface area contributed by atoms with Gasteiger partial charge in [-0.3, -0.25) is 0 Å². The fraction of sp³-hybridized carbons (Fsp3) is 0.583. The Bertz CT molecular complexity index is 802. The summed E-state index contributed by atoms with van der Waals surface area (Å²) >= 11 is 0. The fourth-order valence-electron chi connectivity index (χ4n) is 4.69. The summed E-state index contributed by atoms with van der Waals surface area (Å²) in [7, 11) is 0. The lowest BCUT2D eigenvalue weighted by molar-refractivity contribution is 0.189. The molecule has 1 saturated carbocycles. The van der Waals surface area contributed by atoms with Crippen LogP contribution < -0.4 is 16.4 Å². The van der Waals surface area contributed by atoms with Crippen molar-refractivity contribution < 1.29 is 0 Å². The van der Waals surface area contributed by atoms with Gasteiger partial charge in [0.1, 0.15) is 11.6 Å². The molecule has 0 radical (unpaired) electrons. The van der Waals surface area contributed by atoms with E-state index in [1.165, 1.54) is 25.9 Å². The van der Waals surface area contributed by atoms with Crippen LogP contribution in [-0.4, -0.2) is 53.1 Å². The van der Waals surface area contributed by atoms with Gasteiger partial charge in [0, 0.05) is 36.9 Å². The van der Waals surface area contributed by atoms with Crippen molar-refractivity contribution in [3.8, 4) is 11.3 Å².